The first-order valence-electron chi connectivity index (χ1n) is 8.71. The van der Waals surface area contributed by atoms with Gasteiger partial charge in [-0.25, -0.2) is 0 Å². The van der Waals surface area contributed by atoms with Crippen molar-refractivity contribution < 1.29 is 29.9 Å². The first kappa shape index (κ1) is 20.9. The minimum Gasteiger partial charge on any atom is -0.508 e. The fourth-order valence-electron chi connectivity index (χ4n) is 3.72. The summed E-state index contributed by atoms with van der Waals surface area (Å²) in [6, 6.07) is 9.22. The van der Waals surface area contributed by atoms with Crippen LogP contribution in [-0.2, 0) is 0 Å². The van der Waals surface area contributed by atoms with E-state index in [1.165, 1.54) is 26.4 Å². The van der Waals surface area contributed by atoms with Crippen molar-refractivity contribution in [3.05, 3.63) is 43.5 Å². The second kappa shape index (κ2) is 7.73. The van der Waals surface area contributed by atoms with E-state index < -0.39 is 0 Å². The highest BCUT2D eigenvalue weighted by molar-refractivity contribution is 14.1. The summed E-state index contributed by atoms with van der Waals surface area (Å²) >= 11 is 4.22. The van der Waals surface area contributed by atoms with Gasteiger partial charge in [-0.15, -0.1) is 0 Å². The zero-order chi connectivity index (χ0) is 21.7. The number of rotatable bonds is 3. The van der Waals surface area contributed by atoms with Crippen molar-refractivity contribution in [2.24, 2.45) is 0 Å². The average Bonchev–Trinajstić information content (AvgIpc) is 2.68. The van der Waals surface area contributed by atoms with Crippen LogP contribution in [0.2, 0.25) is 0 Å². The second-order valence-corrected chi connectivity index (χ2v) is 8.97. The highest BCUT2D eigenvalue weighted by Gasteiger charge is 2.25. The Bertz CT molecular complexity index is 1230. The van der Waals surface area contributed by atoms with Crippen LogP contribution in [0.5, 0.6) is 34.5 Å². The predicted octanol–water partition coefficient (Wildman–Crippen LogP) is 5.71. The lowest BCUT2D eigenvalue weighted by Crippen LogP contribution is -1.97. The van der Waals surface area contributed by atoms with Crippen LogP contribution in [0, 0.1) is 7.14 Å². The monoisotopic (exact) mass is 630 g/mol. The van der Waals surface area contributed by atoms with E-state index in [4.69, 9.17) is 9.47 Å². The molecule has 0 radical (unpaired) electrons. The van der Waals surface area contributed by atoms with Gasteiger partial charge in [-0.2, -0.15) is 0 Å². The first-order chi connectivity index (χ1) is 14.3. The molecule has 0 heterocycles. The van der Waals surface area contributed by atoms with Crippen LogP contribution in [0.25, 0.3) is 32.7 Å². The van der Waals surface area contributed by atoms with Crippen LogP contribution in [-0.4, -0.2) is 34.6 Å². The third kappa shape index (κ3) is 3.22. The van der Waals surface area contributed by atoms with Gasteiger partial charge in [-0.05, 0) is 69.4 Å². The number of ether oxygens (including phenoxy) is 2. The number of phenols is 4. The summed E-state index contributed by atoms with van der Waals surface area (Å²) in [6.45, 7) is 0. The Labute approximate surface area is 199 Å². The number of methoxy groups -OCH3 is 2. The lowest BCUT2D eigenvalue weighted by molar-refractivity contribution is 0.410. The van der Waals surface area contributed by atoms with Crippen molar-refractivity contribution in [2.45, 2.75) is 0 Å². The number of hydrogen-bond donors (Lipinski definition) is 4. The molecule has 0 aromatic heterocycles. The summed E-state index contributed by atoms with van der Waals surface area (Å²) < 4.78 is 12.8. The lowest BCUT2D eigenvalue weighted by Gasteiger charge is -2.20. The lowest BCUT2D eigenvalue weighted by atomic mass is 9.91. The van der Waals surface area contributed by atoms with Crippen LogP contribution < -0.4 is 9.47 Å². The van der Waals surface area contributed by atoms with Gasteiger partial charge >= 0.3 is 0 Å². The number of fused-ring (bicyclic) bond motifs is 2. The maximum atomic E-state index is 10.8. The Kier molecular flexibility index (Phi) is 5.39. The van der Waals surface area contributed by atoms with E-state index in [2.05, 4.69) is 45.2 Å². The van der Waals surface area contributed by atoms with Gasteiger partial charge in [-0.3, -0.25) is 0 Å². The predicted molar refractivity (Wildman–Crippen MR) is 132 cm³/mol. The van der Waals surface area contributed by atoms with Gasteiger partial charge in [0.15, 0.2) is 0 Å². The molecule has 4 N–H and O–H groups in total. The van der Waals surface area contributed by atoms with Crippen molar-refractivity contribution in [1.29, 1.82) is 0 Å². The number of hydrogen-bond acceptors (Lipinski definition) is 6. The smallest absolute Gasteiger partial charge is 0.128 e. The molecule has 0 spiro atoms. The zero-order valence-electron chi connectivity index (χ0n) is 15.8. The Morgan fingerprint density at radius 3 is 1.30 bits per heavy atom. The molecule has 30 heavy (non-hydrogen) atoms. The third-order valence-electron chi connectivity index (χ3n) is 4.92. The standard InChI is InChI=1S/C22H16I2O6/c1-29-17-7-13(23)11-3-9(25)5-15(27)19(11)21(17)22-18(30-2)8-14(24)12-4-10(26)6-16(28)20(12)22/h3-8,25-28H,1-2H3. The molecule has 154 valence electrons. The maximum absolute atomic E-state index is 10.8. The van der Waals surface area contributed by atoms with Gasteiger partial charge in [-0.1, -0.05) is 0 Å². The summed E-state index contributed by atoms with van der Waals surface area (Å²) in [4.78, 5) is 0. The average molecular weight is 630 g/mol. The summed E-state index contributed by atoms with van der Waals surface area (Å²) in [5.74, 6) is 0.512. The molecule has 8 heteroatoms. The van der Waals surface area contributed by atoms with Gasteiger partial charge in [0.1, 0.15) is 34.5 Å². The molecule has 4 aromatic rings. The normalized spacial score (nSPS) is 11.2. The van der Waals surface area contributed by atoms with Crippen molar-refractivity contribution in [3.8, 4) is 45.6 Å². The fraction of sp³-hybridized carbons (Fsp3) is 0.0909. The molecule has 0 bridgehead atoms. The molecular formula is C22H16I2O6. The first-order valence-corrected chi connectivity index (χ1v) is 10.9. The van der Waals surface area contributed by atoms with Crippen molar-refractivity contribution in [1.82, 2.24) is 0 Å². The molecule has 6 nitrogen and oxygen atoms in total. The zero-order valence-corrected chi connectivity index (χ0v) is 20.1. The fourth-order valence-corrected chi connectivity index (χ4v) is 5.14. The summed E-state index contributed by atoms with van der Waals surface area (Å²) in [7, 11) is 3.04. The van der Waals surface area contributed by atoms with E-state index in [1.54, 1.807) is 24.3 Å². The molecule has 0 unspecified atom stereocenters. The van der Waals surface area contributed by atoms with Gasteiger partial charge in [0.2, 0.25) is 0 Å². The number of halogens is 2. The molecule has 0 saturated carbocycles. The quantitative estimate of drug-likeness (QED) is 0.217. The molecule has 0 aliphatic carbocycles. The van der Waals surface area contributed by atoms with Crippen LogP contribution in [0.1, 0.15) is 0 Å². The topological polar surface area (TPSA) is 99.4 Å². The molecule has 0 aliphatic rings. The van der Waals surface area contributed by atoms with Crippen molar-refractivity contribution >= 4 is 66.7 Å². The molecule has 0 fully saturated rings. The number of phenolic OH excluding ortho intramolecular Hbond substituents is 4. The number of benzene rings is 4. The molecule has 4 aromatic carbocycles. The van der Waals surface area contributed by atoms with E-state index in [1.807, 2.05) is 0 Å². The molecule has 4 rings (SSSR count). The van der Waals surface area contributed by atoms with Crippen molar-refractivity contribution in [2.75, 3.05) is 14.2 Å². The van der Waals surface area contributed by atoms with Crippen LogP contribution in [0.3, 0.4) is 0 Å². The van der Waals surface area contributed by atoms with Gasteiger partial charge in [0.25, 0.3) is 0 Å². The molecular weight excluding hydrogens is 614 g/mol. The SMILES string of the molecule is COc1cc(I)c2cc(O)cc(O)c2c1-c1c(OC)cc(I)c2cc(O)cc(O)c12. The number of aromatic hydroxyl groups is 4. The third-order valence-corrected chi connectivity index (χ3v) is 6.70. The Morgan fingerprint density at radius 1 is 0.600 bits per heavy atom. The van der Waals surface area contributed by atoms with E-state index >= 15 is 0 Å². The Hall–Kier alpha value is -2.34. The van der Waals surface area contributed by atoms with Crippen LogP contribution in [0.4, 0.5) is 0 Å². The highest BCUT2D eigenvalue weighted by Crippen LogP contribution is 2.52. The van der Waals surface area contributed by atoms with Crippen LogP contribution >= 0.6 is 45.2 Å². The van der Waals surface area contributed by atoms with E-state index in [0.29, 0.717) is 44.2 Å². The molecule has 0 atom stereocenters. The Balaban J connectivity index is 2.32. The van der Waals surface area contributed by atoms with Gasteiger partial charge in [0.05, 0.1) is 14.2 Å². The minimum atomic E-state index is -0.135. The van der Waals surface area contributed by atoms with E-state index in [-0.39, 0.29) is 23.0 Å². The highest BCUT2D eigenvalue weighted by atomic mass is 127. The van der Waals surface area contributed by atoms with Crippen molar-refractivity contribution in [3.63, 3.8) is 0 Å². The summed E-state index contributed by atoms with van der Waals surface area (Å²) in [6.07, 6.45) is 0. The largest absolute Gasteiger partial charge is 0.508 e. The van der Waals surface area contributed by atoms with Gasteiger partial charge < -0.3 is 29.9 Å². The van der Waals surface area contributed by atoms with Gasteiger partial charge in [0, 0.05) is 51.9 Å². The maximum Gasteiger partial charge on any atom is 0.128 e. The molecule has 0 aliphatic heterocycles. The second-order valence-electron chi connectivity index (χ2n) is 6.65. The Morgan fingerprint density at radius 2 is 0.967 bits per heavy atom. The minimum absolute atomic E-state index is 0.0683. The van der Waals surface area contributed by atoms with E-state index in [9.17, 15) is 20.4 Å². The van der Waals surface area contributed by atoms with E-state index in [0.717, 1.165) is 7.14 Å². The summed E-state index contributed by atoms with van der Waals surface area (Å²) in [5.41, 5.74) is 1.01. The van der Waals surface area contributed by atoms with Crippen LogP contribution in [0.15, 0.2) is 36.4 Å². The summed E-state index contributed by atoms with van der Waals surface area (Å²) in [5, 5.41) is 43.7. The molecule has 0 amide bonds. The molecule has 0 saturated heterocycles.